The van der Waals surface area contributed by atoms with E-state index in [1.165, 1.54) is 11.9 Å². The van der Waals surface area contributed by atoms with Crippen LogP contribution in [0.2, 0.25) is 0 Å². The maximum Gasteiger partial charge on any atom is 0.356 e. The molecule has 61 heavy (non-hydrogen) atoms. The second-order valence-corrected chi connectivity index (χ2v) is 16.6. The number of amides is 7. The van der Waals surface area contributed by atoms with Gasteiger partial charge in [0, 0.05) is 43.1 Å². The lowest BCUT2D eigenvalue weighted by Gasteiger charge is -2.56. The normalized spacial score (nSPS) is 19.2. The third kappa shape index (κ3) is 8.20. The first kappa shape index (κ1) is 42.6. The molecule has 0 saturated carbocycles. The summed E-state index contributed by atoms with van der Waals surface area (Å²) in [6, 6.07) is 18.5. The summed E-state index contributed by atoms with van der Waals surface area (Å²) in [5.41, 5.74) is -1.47. The van der Waals surface area contributed by atoms with Crippen LogP contribution in [0.15, 0.2) is 99.4 Å². The molecular formula is C39H37N9O10S3. The van der Waals surface area contributed by atoms with Crippen LogP contribution in [-0.2, 0) is 40.6 Å². The summed E-state index contributed by atoms with van der Waals surface area (Å²) in [6.07, 6.45) is -0.700. The van der Waals surface area contributed by atoms with Gasteiger partial charge in [0.05, 0.1) is 0 Å². The number of imide groups is 1. The third-order valence-corrected chi connectivity index (χ3v) is 13.5. The van der Waals surface area contributed by atoms with E-state index in [-0.39, 0.29) is 48.4 Å². The van der Waals surface area contributed by atoms with Crippen molar-refractivity contribution in [1.82, 2.24) is 45.4 Å². The maximum absolute atomic E-state index is 14.6. The van der Waals surface area contributed by atoms with E-state index in [1.807, 2.05) is 12.1 Å². The molecule has 3 atom stereocenters. The van der Waals surface area contributed by atoms with Gasteiger partial charge < -0.3 is 30.7 Å². The second kappa shape index (κ2) is 18.0. The standard InChI is InChI=1S/C39H37N9O10S3/c1-3-46-16-17-47(33(54)32(46)53)37(57)41-26(25-15-10-18-59-25)29(50)42-39(40-21-49)35(56)48-27(24(19-60-36(39)48)20-61-38-44-43-30(51)31(52)45(38)2)34(55)58-28(22-11-6-4-7-12-22)23-13-8-5-9-14-23/h4-15,18,21,26,28,36H,3,16-17,19-20H2,1-2H3,(H,40,49)(H,41,57)(H,42,50)(H,43,51)/t26?,36-,39-/m1/s1. The Kier molecular flexibility index (Phi) is 12.6. The number of aromatic nitrogens is 3. The number of carbonyl (C=O) groups is 7. The predicted molar refractivity (Wildman–Crippen MR) is 220 cm³/mol. The number of ether oxygens (including phenoxy) is 1. The molecule has 2 saturated heterocycles. The number of piperazine rings is 1. The fourth-order valence-electron chi connectivity index (χ4n) is 6.92. The molecule has 3 aliphatic heterocycles. The Hall–Kier alpha value is -6.52. The highest BCUT2D eigenvalue weighted by atomic mass is 32.2. The van der Waals surface area contributed by atoms with Crippen molar-refractivity contribution in [2.45, 2.75) is 35.3 Å². The number of thiophene rings is 1. The molecule has 4 N–H and O–H groups in total. The molecule has 5 heterocycles. The summed E-state index contributed by atoms with van der Waals surface area (Å²) in [6.45, 7) is 1.93. The number of urea groups is 1. The largest absolute Gasteiger partial charge is 0.488 e. The molecule has 0 bridgehead atoms. The number of rotatable bonds is 14. The molecule has 2 aromatic carbocycles. The predicted octanol–water partition coefficient (Wildman–Crippen LogP) is 1.24. The number of aromatic hydroxyl groups is 1. The zero-order valence-corrected chi connectivity index (χ0v) is 34.8. The number of β-lactam (4-membered cyclic amide) rings is 1. The second-order valence-electron chi connectivity index (χ2n) is 13.7. The highest BCUT2D eigenvalue weighted by Gasteiger charge is 2.66. The summed E-state index contributed by atoms with van der Waals surface area (Å²) in [4.78, 5) is 110. The number of thioether (sulfide) groups is 2. The average Bonchev–Trinajstić information content (AvgIpc) is 3.82. The first-order chi connectivity index (χ1) is 29.4. The Morgan fingerprint density at radius 1 is 0.984 bits per heavy atom. The summed E-state index contributed by atoms with van der Waals surface area (Å²) in [7, 11) is 1.38. The number of carbonyl (C=O) groups excluding carboxylic acids is 7. The molecule has 3 aliphatic rings. The summed E-state index contributed by atoms with van der Waals surface area (Å²) in [5.74, 6) is -5.47. The Labute approximate surface area is 359 Å². The van der Waals surface area contributed by atoms with Crippen molar-refractivity contribution < 1.29 is 43.4 Å². The quantitative estimate of drug-likeness (QED) is 0.0348. The van der Waals surface area contributed by atoms with E-state index in [0.717, 1.165) is 44.3 Å². The molecular weight excluding hydrogens is 851 g/mol. The molecule has 2 fully saturated rings. The number of nitrogens with zero attached hydrogens (tertiary/aromatic N) is 6. The number of esters is 1. The van der Waals surface area contributed by atoms with Gasteiger partial charge in [-0.05, 0) is 35.1 Å². The molecule has 0 radical (unpaired) electrons. The van der Waals surface area contributed by atoms with Gasteiger partial charge in [0.25, 0.3) is 11.8 Å². The van der Waals surface area contributed by atoms with Gasteiger partial charge in [-0.15, -0.1) is 33.3 Å². The van der Waals surface area contributed by atoms with Gasteiger partial charge in [-0.2, -0.15) is 0 Å². The summed E-state index contributed by atoms with van der Waals surface area (Å²) < 4.78 is 7.30. The van der Waals surface area contributed by atoms with Gasteiger partial charge in [-0.3, -0.25) is 43.1 Å². The van der Waals surface area contributed by atoms with Gasteiger partial charge >= 0.3 is 29.4 Å². The SMILES string of the molecule is CCN1CCN(C(=O)NC(C(=O)N[C@]2(NC=O)C(=O)N3C(C(=O)OC(c4ccccc4)c4ccccc4)=C(CSc4nnc(O)c(=O)n4C)CS[C@@H]32)c2cccs2)C(=O)C1=O. The number of nitrogens with one attached hydrogen (secondary N) is 3. The lowest BCUT2D eigenvalue weighted by molar-refractivity contribution is -0.164. The van der Waals surface area contributed by atoms with E-state index in [4.69, 9.17) is 4.74 Å². The van der Waals surface area contributed by atoms with Crippen LogP contribution in [0.25, 0.3) is 0 Å². The molecule has 1 unspecified atom stereocenters. The van der Waals surface area contributed by atoms with Crippen molar-refractivity contribution in [1.29, 1.82) is 0 Å². The van der Waals surface area contributed by atoms with Crippen molar-refractivity contribution in [3.05, 3.63) is 116 Å². The van der Waals surface area contributed by atoms with Crippen molar-refractivity contribution in [2.24, 2.45) is 7.05 Å². The summed E-state index contributed by atoms with van der Waals surface area (Å²) >= 11 is 3.21. The average molecular weight is 888 g/mol. The Bertz CT molecular complexity index is 2430. The van der Waals surface area contributed by atoms with Crippen LogP contribution in [0.3, 0.4) is 0 Å². The van der Waals surface area contributed by atoms with Gasteiger partial charge in [0.1, 0.15) is 17.1 Å². The van der Waals surface area contributed by atoms with Crippen molar-refractivity contribution in [3.63, 3.8) is 0 Å². The third-order valence-electron chi connectivity index (χ3n) is 10.1. The van der Waals surface area contributed by atoms with E-state index in [1.54, 1.807) is 73.0 Å². The van der Waals surface area contributed by atoms with Crippen LogP contribution in [0.1, 0.15) is 35.1 Å². The van der Waals surface area contributed by atoms with Crippen LogP contribution < -0.4 is 21.5 Å². The minimum Gasteiger partial charge on any atom is -0.488 e. The van der Waals surface area contributed by atoms with E-state index in [9.17, 15) is 43.5 Å². The van der Waals surface area contributed by atoms with Crippen molar-refractivity contribution in [3.8, 4) is 5.88 Å². The first-order valence-electron chi connectivity index (χ1n) is 18.6. The van der Waals surface area contributed by atoms with E-state index < -0.39 is 70.3 Å². The van der Waals surface area contributed by atoms with E-state index >= 15 is 0 Å². The topological polar surface area (TPSA) is 243 Å². The molecule has 2 aromatic heterocycles. The Morgan fingerprint density at radius 3 is 2.30 bits per heavy atom. The Morgan fingerprint density at radius 2 is 1.67 bits per heavy atom. The fraction of sp³-hybridized carbons (Fsp3) is 0.282. The van der Waals surface area contributed by atoms with E-state index in [2.05, 4.69) is 26.1 Å². The summed E-state index contributed by atoms with van der Waals surface area (Å²) in [5, 5.41) is 25.4. The highest BCUT2D eigenvalue weighted by molar-refractivity contribution is 8.01. The minimum absolute atomic E-state index is 0.0112. The zero-order valence-electron chi connectivity index (χ0n) is 32.4. The van der Waals surface area contributed by atoms with E-state index in [0.29, 0.717) is 26.5 Å². The first-order valence-corrected chi connectivity index (χ1v) is 21.5. The van der Waals surface area contributed by atoms with Crippen LogP contribution >= 0.6 is 34.9 Å². The maximum atomic E-state index is 14.6. The molecule has 22 heteroatoms. The number of likely N-dealkylation sites (N-methyl/N-ethyl adjacent to an activating group) is 1. The fourth-order valence-corrected chi connectivity index (χ4v) is 10.2. The molecule has 0 aliphatic carbocycles. The minimum atomic E-state index is -2.14. The molecule has 316 valence electrons. The zero-order chi connectivity index (χ0) is 43.4. The van der Waals surface area contributed by atoms with Gasteiger partial charge in [0.15, 0.2) is 11.3 Å². The smallest absolute Gasteiger partial charge is 0.356 e. The molecule has 4 aromatic rings. The number of hydrogen-bond donors (Lipinski definition) is 4. The molecule has 7 rings (SSSR count). The molecule has 0 spiro atoms. The van der Waals surface area contributed by atoms with Crippen molar-refractivity contribution in [2.75, 3.05) is 31.1 Å². The number of benzene rings is 2. The van der Waals surface area contributed by atoms with Crippen molar-refractivity contribution >= 4 is 76.9 Å². The van der Waals surface area contributed by atoms with Gasteiger partial charge in [0.2, 0.25) is 18.0 Å². The lowest BCUT2D eigenvalue weighted by atomic mass is 9.94. The van der Waals surface area contributed by atoms with Gasteiger partial charge in [-0.1, -0.05) is 78.5 Å². The van der Waals surface area contributed by atoms with Crippen LogP contribution in [0, 0.1) is 0 Å². The van der Waals surface area contributed by atoms with Crippen LogP contribution in [0.4, 0.5) is 4.79 Å². The van der Waals surface area contributed by atoms with Crippen LogP contribution in [0.5, 0.6) is 5.88 Å². The van der Waals surface area contributed by atoms with Crippen LogP contribution in [-0.4, -0.2) is 119 Å². The highest BCUT2D eigenvalue weighted by Crippen LogP contribution is 2.47. The monoisotopic (exact) mass is 887 g/mol. The number of fused-ring (bicyclic) bond motifs is 1. The lowest BCUT2D eigenvalue weighted by Crippen LogP contribution is -2.85. The number of hydrogen-bond acceptors (Lipinski definition) is 15. The van der Waals surface area contributed by atoms with Gasteiger partial charge in [-0.25, -0.2) is 9.59 Å². The molecule has 7 amide bonds. The Balaban J connectivity index is 1.21. The molecule has 19 nitrogen and oxygen atoms in total.